The molecule has 0 bridgehead atoms. The Morgan fingerprint density at radius 2 is 2.00 bits per heavy atom. The Hall–Kier alpha value is -2.28. The zero-order chi connectivity index (χ0) is 14.2. The Bertz CT molecular complexity index is 559. The fourth-order valence-electron chi connectivity index (χ4n) is 2.30. The molecule has 102 valence electrons. The number of hydrogen-bond acceptors (Lipinski definition) is 1. The third-order valence-electron chi connectivity index (χ3n) is 3.23. The van der Waals surface area contributed by atoms with Gasteiger partial charge in [-0.2, -0.15) is 0 Å². The summed E-state index contributed by atoms with van der Waals surface area (Å²) < 4.78 is 0. The highest BCUT2D eigenvalue weighted by atomic mass is 15.1. The molecule has 0 atom stereocenters. The number of nitrogens with zero attached hydrogens (tertiary/aromatic N) is 1. The van der Waals surface area contributed by atoms with Crippen LogP contribution in [0.1, 0.15) is 19.8 Å². The van der Waals surface area contributed by atoms with Gasteiger partial charge >= 0.3 is 0 Å². The van der Waals surface area contributed by atoms with E-state index in [9.17, 15) is 0 Å². The second-order valence-corrected chi connectivity index (χ2v) is 4.72. The molecular formula is C19H21N. The van der Waals surface area contributed by atoms with Crippen molar-refractivity contribution in [3.63, 3.8) is 0 Å². The van der Waals surface area contributed by atoms with Crippen LogP contribution in [0.3, 0.4) is 0 Å². The van der Waals surface area contributed by atoms with Crippen molar-refractivity contribution in [1.82, 2.24) is 0 Å². The van der Waals surface area contributed by atoms with Crippen molar-refractivity contribution in [2.45, 2.75) is 19.8 Å². The van der Waals surface area contributed by atoms with Crippen LogP contribution < -0.4 is 4.90 Å². The van der Waals surface area contributed by atoms with Crippen LogP contribution in [0.25, 0.3) is 0 Å². The molecule has 0 radical (unpaired) electrons. The lowest BCUT2D eigenvalue weighted by molar-refractivity contribution is 0.892. The lowest BCUT2D eigenvalue weighted by Crippen LogP contribution is -2.20. The molecule has 2 rings (SSSR count). The summed E-state index contributed by atoms with van der Waals surface area (Å²) in [6.45, 7) is 5.84. The Labute approximate surface area is 121 Å². The molecule has 1 aliphatic carbocycles. The van der Waals surface area contributed by atoms with Gasteiger partial charge < -0.3 is 4.90 Å². The van der Waals surface area contributed by atoms with E-state index in [1.165, 1.54) is 17.1 Å². The average molecular weight is 263 g/mol. The number of anilines is 1. The maximum atomic E-state index is 3.70. The highest BCUT2D eigenvalue weighted by Crippen LogP contribution is 2.28. The normalized spacial score (nSPS) is 15.2. The first kappa shape index (κ1) is 14.1. The van der Waals surface area contributed by atoms with E-state index in [-0.39, 0.29) is 0 Å². The molecule has 0 fully saturated rings. The van der Waals surface area contributed by atoms with E-state index < -0.39 is 0 Å². The zero-order valence-electron chi connectivity index (χ0n) is 12.0. The molecule has 0 aromatic heterocycles. The first-order valence-electron chi connectivity index (χ1n) is 7.00. The molecule has 0 N–H and O–H groups in total. The van der Waals surface area contributed by atoms with Crippen molar-refractivity contribution < 1.29 is 0 Å². The summed E-state index contributed by atoms with van der Waals surface area (Å²) in [6.07, 6.45) is 16.6. The molecule has 0 saturated heterocycles. The zero-order valence-corrected chi connectivity index (χ0v) is 12.0. The Balaban J connectivity index is 2.36. The predicted molar refractivity (Wildman–Crippen MR) is 88.5 cm³/mol. The quantitative estimate of drug-likeness (QED) is 0.645. The summed E-state index contributed by atoms with van der Waals surface area (Å²) in [7, 11) is 0. The summed E-state index contributed by atoms with van der Waals surface area (Å²) >= 11 is 0. The first-order valence-corrected chi connectivity index (χ1v) is 7.00. The molecule has 0 heterocycles. The molecule has 1 heteroatoms. The highest BCUT2D eigenvalue weighted by molar-refractivity contribution is 5.58. The number of allylic oxidation sites excluding steroid dienone is 9. The van der Waals surface area contributed by atoms with E-state index in [2.05, 4.69) is 67.0 Å². The SMILES string of the molecule is C=C/C=C\C=C(/C)N(C1=CC=CCC1)c1ccccc1. The van der Waals surface area contributed by atoms with Crippen LogP contribution in [0.5, 0.6) is 0 Å². The van der Waals surface area contributed by atoms with Gasteiger partial charge in [0, 0.05) is 17.1 Å². The predicted octanol–water partition coefficient (Wildman–Crippen LogP) is 5.37. The summed E-state index contributed by atoms with van der Waals surface area (Å²) in [6, 6.07) is 10.5. The third-order valence-corrected chi connectivity index (χ3v) is 3.23. The van der Waals surface area contributed by atoms with Gasteiger partial charge in [-0.25, -0.2) is 0 Å². The van der Waals surface area contributed by atoms with Gasteiger partial charge in [-0.3, -0.25) is 0 Å². The topological polar surface area (TPSA) is 3.24 Å². The van der Waals surface area contributed by atoms with Gasteiger partial charge in [-0.05, 0) is 44.1 Å². The van der Waals surface area contributed by atoms with E-state index in [1.807, 2.05) is 18.2 Å². The number of rotatable bonds is 5. The van der Waals surface area contributed by atoms with Gasteiger partial charge in [-0.1, -0.05) is 55.2 Å². The standard InChI is InChI=1S/C19H21N/c1-3-4-7-12-17(2)20(18-13-8-5-9-14-18)19-15-10-6-11-16-19/h3-10,12-15H,1,11,16H2,2H3/b7-4-,17-12+. The largest absolute Gasteiger partial charge is 0.318 e. The minimum Gasteiger partial charge on any atom is -0.318 e. The van der Waals surface area contributed by atoms with E-state index in [1.54, 1.807) is 6.08 Å². The van der Waals surface area contributed by atoms with Crippen LogP contribution in [0, 0.1) is 0 Å². The monoisotopic (exact) mass is 263 g/mol. The van der Waals surface area contributed by atoms with E-state index in [0.717, 1.165) is 12.8 Å². The first-order chi connectivity index (χ1) is 9.83. The van der Waals surface area contributed by atoms with Crippen LogP contribution in [-0.4, -0.2) is 0 Å². The second-order valence-electron chi connectivity index (χ2n) is 4.72. The van der Waals surface area contributed by atoms with Crippen LogP contribution in [0.15, 0.2) is 90.8 Å². The van der Waals surface area contributed by atoms with Crippen LogP contribution in [0.4, 0.5) is 5.69 Å². The second kappa shape index (κ2) is 7.34. The van der Waals surface area contributed by atoms with E-state index >= 15 is 0 Å². The van der Waals surface area contributed by atoms with Gasteiger partial charge in [0.1, 0.15) is 0 Å². The van der Waals surface area contributed by atoms with Crippen molar-refractivity contribution in [2.75, 3.05) is 4.90 Å². The molecule has 20 heavy (non-hydrogen) atoms. The van der Waals surface area contributed by atoms with E-state index in [4.69, 9.17) is 0 Å². The Morgan fingerprint density at radius 1 is 1.20 bits per heavy atom. The smallest absolute Gasteiger partial charge is 0.0455 e. The number of hydrogen-bond donors (Lipinski definition) is 0. The van der Waals surface area contributed by atoms with Crippen molar-refractivity contribution in [3.8, 4) is 0 Å². The van der Waals surface area contributed by atoms with Gasteiger partial charge in [0.2, 0.25) is 0 Å². The fourth-order valence-corrected chi connectivity index (χ4v) is 2.30. The van der Waals surface area contributed by atoms with Crippen LogP contribution in [-0.2, 0) is 0 Å². The van der Waals surface area contributed by atoms with Gasteiger partial charge in [0.05, 0.1) is 0 Å². The van der Waals surface area contributed by atoms with Crippen molar-refractivity contribution >= 4 is 5.69 Å². The summed E-state index contributed by atoms with van der Waals surface area (Å²) in [4.78, 5) is 2.32. The molecule has 1 nitrogen and oxygen atoms in total. The van der Waals surface area contributed by atoms with Crippen molar-refractivity contribution in [3.05, 3.63) is 90.8 Å². The van der Waals surface area contributed by atoms with Crippen LogP contribution in [0.2, 0.25) is 0 Å². The molecule has 0 unspecified atom stereocenters. The summed E-state index contributed by atoms with van der Waals surface area (Å²) in [5, 5.41) is 0. The molecule has 1 aromatic carbocycles. The molecule has 1 aromatic rings. The van der Waals surface area contributed by atoms with E-state index in [0.29, 0.717) is 0 Å². The fraction of sp³-hybridized carbons (Fsp3) is 0.158. The van der Waals surface area contributed by atoms with Gasteiger partial charge in [-0.15, -0.1) is 0 Å². The molecule has 0 aliphatic heterocycles. The minimum absolute atomic E-state index is 1.07. The summed E-state index contributed by atoms with van der Waals surface area (Å²) in [5.74, 6) is 0. The summed E-state index contributed by atoms with van der Waals surface area (Å²) in [5.41, 5.74) is 3.74. The number of para-hydroxylation sites is 1. The number of benzene rings is 1. The van der Waals surface area contributed by atoms with Crippen molar-refractivity contribution in [2.24, 2.45) is 0 Å². The molecule has 0 saturated carbocycles. The molecule has 0 spiro atoms. The highest BCUT2D eigenvalue weighted by Gasteiger charge is 2.13. The maximum absolute atomic E-state index is 3.70. The molecule has 1 aliphatic rings. The van der Waals surface area contributed by atoms with Crippen molar-refractivity contribution in [1.29, 1.82) is 0 Å². The van der Waals surface area contributed by atoms with Crippen LogP contribution >= 0.6 is 0 Å². The lowest BCUT2D eigenvalue weighted by atomic mass is 10.1. The third kappa shape index (κ3) is 3.61. The lowest BCUT2D eigenvalue weighted by Gasteiger charge is -2.29. The Kier molecular flexibility index (Phi) is 5.19. The Morgan fingerprint density at radius 3 is 2.65 bits per heavy atom. The minimum atomic E-state index is 1.07. The van der Waals surface area contributed by atoms with Gasteiger partial charge in [0.15, 0.2) is 0 Å². The molecular weight excluding hydrogens is 242 g/mol. The average Bonchev–Trinajstić information content (AvgIpc) is 2.50. The molecule has 0 amide bonds. The van der Waals surface area contributed by atoms with Gasteiger partial charge in [0.25, 0.3) is 0 Å². The maximum Gasteiger partial charge on any atom is 0.0455 e.